The predicted molar refractivity (Wildman–Crippen MR) is 414 cm³/mol. The van der Waals surface area contributed by atoms with E-state index in [-0.39, 0.29) is 25.7 Å². The van der Waals surface area contributed by atoms with Gasteiger partial charge in [-0.2, -0.15) is 0 Å². The first-order valence-electron chi connectivity index (χ1n) is 42.7. The third-order valence-electron chi connectivity index (χ3n) is 19.6. The number of aliphatic hydroxyl groups is 1. The van der Waals surface area contributed by atoms with Crippen LogP contribution in [0.4, 0.5) is 0 Å². The van der Waals surface area contributed by atoms with Gasteiger partial charge in [-0.3, -0.25) is 37.3 Å². The summed E-state index contributed by atoms with van der Waals surface area (Å²) >= 11 is 0. The second-order valence-corrected chi connectivity index (χ2v) is 32.7. The van der Waals surface area contributed by atoms with Crippen LogP contribution in [0.1, 0.15) is 439 Å². The summed E-state index contributed by atoms with van der Waals surface area (Å²) in [5.74, 6) is -1.30. The van der Waals surface area contributed by atoms with Crippen LogP contribution in [0.3, 0.4) is 0 Å². The Morgan fingerprint density at radius 1 is 0.277 bits per heavy atom. The van der Waals surface area contributed by atoms with Crippen LogP contribution in [0.5, 0.6) is 0 Å². The molecule has 101 heavy (non-hydrogen) atoms. The van der Waals surface area contributed by atoms with E-state index in [0.29, 0.717) is 25.7 Å². The van der Waals surface area contributed by atoms with Crippen molar-refractivity contribution >= 4 is 39.5 Å². The third kappa shape index (κ3) is 74.7. The van der Waals surface area contributed by atoms with Crippen LogP contribution in [0, 0.1) is 5.92 Å². The number of phosphoric ester groups is 2. The van der Waals surface area contributed by atoms with E-state index in [0.717, 1.165) is 95.8 Å². The molecule has 3 N–H and O–H groups in total. The fourth-order valence-corrected chi connectivity index (χ4v) is 14.3. The largest absolute Gasteiger partial charge is 0.472 e. The highest BCUT2D eigenvalue weighted by molar-refractivity contribution is 7.47. The van der Waals surface area contributed by atoms with E-state index in [2.05, 4.69) is 34.6 Å². The lowest BCUT2D eigenvalue weighted by molar-refractivity contribution is -0.161. The fraction of sp³-hybridized carbons (Fsp3) is 0.951. The molecule has 0 aliphatic carbocycles. The number of ether oxygens (including phenoxy) is 4. The molecule has 0 aliphatic heterocycles. The Labute approximate surface area is 619 Å². The molecule has 0 amide bonds. The number of rotatable bonds is 82. The molecule has 0 spiro atoms. The molecule has 19 heteroatoms. The molecule has 3 unspecified atom stereocenters. The van der Waals surface area contributed by atoms with Crippen molar-refractivity contribution in [1.29, 1.82) is 0 Å². The average Bonchev–Trinajstić information content (AvgIpc) is 0.925. The molecule has 0 saturated carbocycles. The SMILES string of the molecule is CCCCCCCCCCCCCCCCCCCCCCC(=O)O[C@H](COC(=O)CCCCCCCCCCCCCCCCCCCC)COP(=O)(O)OC[C@@H](O)COP(=O)(O)OC[C@@H](COC(=O)CCCCCCCCCCC)OC(=O)CCCCCCCCCCCCC(C)CC. The Morgan fingerprint density at radius 2 is 0.475 bits per heavy atom. The first kappa shape index (κ1) is 99.1. The summed E-state index contributed by atoms with van der Waals surface area (Å²) in [7, 11) is -9.92. The number of hydrogen-bond acceptors (Lipinski definition) is 15. The number of carbonyl (C=O) groups excluding carboxylic acids is 4. The van der Waals surface area contributed by atoms with E-state index in [1.165, 1.54) is 263 Å². The topological polar surface area (TPSA) is 237 Å². The van der Waals surface area contributed by atoms with Crippen LogP contribution >= 0.6 is 15.6 Å². The van der Waals surface area contributed by atoms with Gasteiger partial charge >= 0.3 is 39.5 Å². The van der Waals surface area contributed by atoms with E-state index in [4.69, 9.17) is 37.0 Å². The van der Waals surface area contributed by atoms with E-state index in [1.807, 2.05) is 0 Å². The van der Waals surface area contributed by atoms with Crippen LogP contribution in [-0.4, -0.2) is 96.7 Å². The highest BCUT2D eigenvalue weighted by Crippen LogP contribution is 2.45. The number of esters is 4. The van der Waals surface area contributed by atoms with Crippen LogP contribution in [0.25, 0.3) is 0 Å². The molecule has 0 fully saturated rings. The highest BCUT2D eigenvalue weighted by Gasteiger charge is 2.30. The van der Waals surface area contributed by atoms with Crippen molar-refractivity contribution < 1.29 is 80.2 Å². The zero-order valence-electron chi connectivity index (χ0n) is 66.1. The van der Waals surface area contributed by atoms with Gasteiger partial charge in [0.2, 0.25) is 0 Å². The molecule has 0 heterocycles. The summed E-state index contributed by atoms with van der Waals surface area (Å²) in [6.07, 6.45) is 66.6. The minimum absolute atomic E-state index is 0.107. The standard InChI is InChI=1S/C82H160O17P2/c1-6-10-13-16-19-22-24-26-28-30-32-33-35-37-39-41-47-52-57-62-67-81(86)98-78(72-93-80(85)66-61-56-51-46-40-38-36-34-31-29-27-25-23-20-17-14-11-7-2)74-97-101(90,91)95-70-76(83)69-94-100(88,89)96-73-77(71-92-79(84)65-60-55-50-44-21-18-15-12-8-3)99-82(87)68-63-58-53-48-43-42-45-49-54-59-64-75(5)9-4/h75-78,83H,6-74H2,1-5H3,(H,88,89)(H,90,91)/t75?,76-,77+,78+/m0/s1. The van der Waals surface area contributed by atoms with Crippen molar-refractivity contribution in [3.8, 4) is 0 Å². The maximum absolute atomic E-state index is 13.1. The van der Waals surface area contributed by atoms with Gasteiger partial charge in [0, 0.05) is 25.7 Å². The Bertz CT molecular complexity index is 1930. The molecule has 0 saturated heterocycles. The highest BCUT2D eigenvalue weighted by atomic mass is 31.2. The van der Waals surface area contributed by atoms with Gasteiger partial charge in [0.15, 0.2) is 12.2 Å². The van der Waals surface area contributed by atoms with Crippen LogP contribution in [0.2, 0.25) is 0 Å². The first-order chi connectivity index (χ1) is 49.1. The van der Waals surface area contributed by atoms with Crippen LogP contribution in [-0.2, 0) is 65.4 Å². The maximum atomic E-state index is 13.1. The molecule has 17 nitrogen and oxygen atoms in total. The van der Waals surface area contributed by atoms with Crippen LogP contribution < -0.4 is 0 Å². The molecule has 0 radical (unpaired) electrons. The number of hydrogen-bond donors (Lipinski definition) is 3. The lowest BCUT2D eigenvalue weighted by Crippen LogP contribution is -2.30. The maximum Gasteiger partial charge on any atom is 0.472 e. The number of phosphoric acid groups is 2. The predicted octanol–water partition coefficient (Wildman–Crippen LogP) is 24.8. The second-order valence-electron chi connectivity index (χ2n) is 29.8. The summed E-state index contributed by atoms with van der Waals surface area (Å²) in [5, 5.41) is 10.6. The minimum atomic E-state index is -4.96. The van der Waals surface area contributed by atoms with Crippen molar-refractivity contribution in [3.63, 3.8) is 0 Å². The quantitative estimate of drug-likeness (QED) is 0.0222. The van der Waals surface area contributed by atoms with Crippen molar-refractivity contribution in [2.45, 2.75) is 457 Å². The van der Waals surface area contributed by atoms with E-state index in [1.54, 1.807) is 0 Å². The van der Waals surface area contributed by atoms with Gasteiger partial charge in [-0.25, -0.2) is 9.13 Å². The third-order valence-corrected chi connectivity index (χ3v) is 21.5. The Morgan fingerprint density at radius 3 is 0.703 bits per heavy atom. The first-order valence-corrected chi connectivity index (χ1v) is 45.7. The number of unbranched alkanes of at least 4 members (excludes halogenated alkanes) is 53. The van der Waals surface area contributed by atoms with Crippen molar-refractivity contribution in [2.75, 3.05) is 39.6 Å². The zero-order valence-corrected chi connectivity index (χ0v) is 67.8. The molecule has 0 bridgehead atoms. The average molecular weight is 1480 g/mol. The number of carbonyl (C=O) groups is 4. The fourth-order valence-electron chi connectivity index (χ4n) is 12.7. The monoisotopic (exact) mass is 1480 g/mol. The molecule has 0 rings (SSSR count). The molecular weight excluding hydrogens is 1320 g/mol. The molecule has 0 aromatic rings. The molecule has 6 atom stereocenters. The lowest BCUT2D eigenvalue weighted by Gasteiger charge is -2.21. The van der Waals surface area contributed by atoms with Gasteiger partial charge in [0.05, 0.1) is 26.4 Å². The molecule has 600 valence electrons. The van der Waals surface area contributed by atoms with Gasteiger partial charge in [-0.05, 0) is 31.6 Å². The van der Waals surface area contributed by atoms with Crippen molar-refractivity contribution in [3.05, 3.63) is 0 Å². The Kier molecular flexibility index (Phi) is 73.5. The zero-order chi connectivity index (χ0) is 74.1. The molecule has 0 aliphatic rings. The molecule has 0 aromatic heterocycles. The molecule has 0 aromatic carbocycles. The summed E-state index contributed by atoms with van der Waals surface area (Å²) in [6.45, 7) is 7.34. The van der Waals surface area contributed by atoms with Crippen molar-refractivity contribution in [2.24, 2.45) is 5.92 Å². The van der Waals surface area contributed by atoms with Crippen LogP contribution in [0.15, 0.2) is 0 Å². The van der Waals surface area contributed by atoms with Gasteiger partial charge < -0.3 is 33.8 Å². The summed E-state index contributed by atoms with van der Waals surface area (Å²) in [6, 6.07) is 0. The van der Waals surface area contributed by atoms with Gasteiger partial charge in [-0.15, -0.1) is 0 Å². The van der Waals surface area contributed by atoms with E-state index in [9.17, 15) is 43.2 Å². The van der Waals surface area contributed by atoms with Crippen molar-refractivity contribution in [1.82, 2.24) is 0 Å². The smallest absolute Gasteiger partial charge is 0.462 e. The summed E-state index contributed by atoms with van der Waals surface area (Å²) < 4.78 is 68.7. The van der Waals surface area contributed by atoms with E-state index >= 15 is 0 Å². The van der Waals surface area contributed by atoms with Gasteiger partial charge in [-0.1, -0.05) is 388 Å². The lowest BCUT2D eigenvalue weighted by atomic mass is 9.99. The summed E-state index contributed by atoms with van der Waals surface area (Å²) in [5.41, 5.74) is 0. The second kappa shape index (κ2) is 74.9. The van der Waals surface area contributed by atoms with Gasteiger partial charge in [0.25, 0.3) is 0 Å². The normalized spacial score (nSPS) is 14.1. The number of aliphatic hydroxyl groups excluding tert-OH is 1. The molecular formula is C82H160O17P2. The Hall–Kier alpha value is -1.94. The van der Waals surface area contributed by atoms with Gasteiger partial charge in [0.1, 0.15) is 19.3 Å². The summed E-state index contributed by atoms with van der Waals surface area (Å²) in [4.78, 5) is 73.0. The minimum Gasteiger partial charge on any atom is -0.462 e. The Balaban J connectivity index is 5.21. The van der Waals surface area contributed by atoms with E-state index < -0.39 is 97.5 Å².